The lowest BCUT2D eigenvalue weighted by Crippen LogP contribution is -2.17. The van der Waals surface area contributed by atoms with E-state index in [1.807, 2.05) is 19.1 Å². The zero-order chi connectivity index (χ0) is 8.10. The molecule has 2 N–H and O–H groups in total. The maximum atomic E-state index is 8.41. The summed E-state index contributed by atoms with van der Waals surface area (Å²) < 4.78 is 5.31. The van der Waals surface area contributed by atoms with Gasteiger partial charge in [-0.2, -0.15) is 0 Å². The SMILES string of the molecule is Cc1ccc(CCNCO)o1. The van der Waals surface area contributed by atoms with Crippen molar-refractivity contribution in [1.29, 1.82) is 0 Å². The van der Waals surface area contributed by atoms with E-state index in [9.17, 15) is 0 Å². The van der Waals surface area contributed by atoms with Gasteiger partial charge >= 0.3 is 0 Å². The Labute approximate surface area is 66.0 Å². The van der Waals surface area contributed by atoms with Crippen LogP contribution in [0.3, 0.4) is 0 Å². The Morgan fingerprint density at radius 3 is 2.91 bits per heavy atom. The van der Waals surface area contributed by atoms with Crippen molar-refractivity contribution in [3.05, 3.63) is 23.7 Å². The van der Waals surface area contributed by atoms with Crippen LogP contribution in [0, 0.1) is 6.92 Å². The summed E-state index contributed by atoms with van der Waals surface area (Å²) in [7, 11) is 0. The molecule has 0 bridgehead atoms. The highest BCUT2D eigenvalue weighted by molar-refractivity contribution is 5.05. The molecule has 0 aromatic carbocycles. The molecule has 3 nitrogen and oxygen atoms in total. The van der Waals surface area contributed by atoms with Crippen LogP contribution in [0.4, 0.5) is 0 Å². The lowest BCUT2D eigenvalue weighted by atomic mass is 10.3. The van der Waals surface area contributed by atoms with Gasteiger partial charge in [-0.25, -0.2) is 0 Å². The molecule has 0 saturated heterocycles. The van der Waals surface area contributed by atoms with Crippen LogP contribution in [0.2, 0.25) is 0 Å². The minimum Gasteiger partial charge on any atom is -0.466 e. The van der Waals surface area contributed by atoms with E-state index in [-0.39, 0.29) is 6.73 Å². The van der Waals surface area contributed by atoms with Crippen molar-refractivity contribution >= 4 is 0 Å². The number of hydrogen-bond acceptors (Lipinski definition) is 3. The van der Waals surface area contributed by atoms with Crippen molar-refractivity contribution in [1.82, 2.24) is 5.32 Å². The number of aliphatic hydroxyl groups excluding tert-OH is 1. The Hall–Kier alpha value is -0.800. The smallest absolute Gasteiger partial charge is 0.105 e. The number of furan rings is 1. The molecular formula is C8H13NO2. The fraction of sp³-hybridized carbons (Fsp3) is 0.500. The minimum atomic E-state index is 0.0275. The summed E-state index contributed by atoms with van der Waals surface area (Å²) in [5.41, 5.74) is 0. The fourth-order valence-corrected chi connectivity index (χ4v) is 0.910. The summed E-state index contributed by atoms with van der Waals surface area (Å²) in [4.78, 5) is 0. The Morgan fingerprint density at radius 1 is 1.55 bits per heavy atom. The second kappa shape index (κ2) is 4.16. The van der Waals surface area contributed by atoms with Crippen LogP contribution in [0.15, 0.2) is 16.5 Å². The monoisotopic (exact) mass is 155 g/mol. The van der Waals surface area contributed by atoms with Crippen LogP contribution in [0.5, 0.6) is 0 Å². The van der Waals surface area contributed by atoms with Crippen LogP contribution in [-0.4, -0.2) is 18.4 Å². The highest BCUT2D eigenvalue weighted by atomic mass is 16.3. The third-order valence-corrected chi connectivity index (χ3v) is 1.46. The Bertz CT molecular complexity index is 208. The van der Waals surface area contributed by atoms with Gasteiger partial charge in [0.15, 0.2) is 0 Å². The first kappa shape index (κ1) is 8.30. The summed E-state index contributed by atoms with van der Waals surface area (Å²) in [6, 6.07) is 3.89. The maximum Gasteiger partial charge on any atom is 0.105 e. The van der Waals surface area contributed by atoms with Gasteiger partial charge in [0.05, 0.1) is 6.73 Å². The molecule has 0 radical (unpaired) electrons. The summed E-state index contributed by atoms with van der Waals surface area (Å²) in [5, 5.41) is 11.2. The molecule has 0 spiro atoms. The lowest BCUT2D eigenvalue weighted by molar-refractivity contribution is 0.260. The normalized spacial score (nSPS) is 10.4. The summed E-state index contributed by atoms with van der Waals surface area (Å²) in [6.45, 7) is 2.70. The fourth-order valence-electron chi connectivity index (χ4n) is 0.910. The van der Waals surface area contributed by atoms with Gasteiger partial charge in [-0.05, 0) is 19.1 Å². The molecule has 0 saturated carbocycles. The van der Waals surface area contributed by atoms with Gasteiger partial charge < -0.3 is 9.52 Å². The standard InChI is InChI=1S/C8H13NO2/c1-7-2-3-8(11-7)4-5-9-6-10/h2-3,9-10H,4-6H2,1H3. The average Bonchev–Trinajstić information content (AvgIpc) is 2.37. The summed E-state index contributed by atoms with van der Waals surface area (Å²) in [6.07, 6.45) is 0.828. The second-order valence-corrected chi connectivity index (χ2v) is 2.42. The van der Waals surface area contributed by atoms with Crippen LogP contribution in [0.25, 0.3) is 0 Å². The minimum absolute atomic E-state index is 0.0275. The van der Waals surface area contributed by atoms with E-state index in [2.05, 4.69) is 5.32 Å². The van der Waals surface area contributed by atoms with Gasteiger partial charge in [0.2, 0.25) is 0 Å². The van der Waals surface area contributed by atoms with E-state index in [0.717, 1.165) is 24.5 Å². The summed E-state index contributed by atoms with van der Waals surface area (Å²) >= 11 is 0. The Morgan fingerprint density at radius 2 is 2.36 bits per heavy atom. The zero-order valence-corrected chi connectivity index (χ0v) is 6.63. The topological polar surface area (TPSA) is 45.4 Å². The molecule has 0 aliphatic rings. The predicted molar refractivity (Wildman–Crippen MR) is 42.2 cm³/mol. The quantitative estimate of drug-likeness (QED) is 0.496. The van der Waals surface area contributed by atoms with Crippen LogP contribution in [-0.2, 0) is 6.42 Å². The van der Waals surface area contributed by atoms with Crippen molar-refractivity contribution in [3.63, 3.8) is 0 Å². The molecule has 0 amide bonds. The highest BCUT2D eigenvalue weighted by Crippen LogP contribution is 2.05. The van der Waals surface area contributed by atoms with Gasteiger partial charge in [-0.3, -0.25) is 5.32 Å². The van der Waals surface area contributed by atoms with E-state index in [0.29, 0.717) is 0 Å². The molecule has 11 heavy (non-hydrogen) atoms. The molecule has 1 rings (SSSR count). The molecule has 0 aliphatic carbocycles. The molecule has 0 atom stereocenters. The van der Waals surface area contributed by atoms with Gasteiger partial charge in [0, 0.05) is 13.0 Å². The maximum absolute atomic E-state index is 8.41. The van der Waals surface area contributed by atoms with E-state index < -0.39 is 0 Å². The van der Waals surface area contributed by atoms with E-state index in [1.54, 1.807) is 0 Å². The molecule has 0 unspecified atom stereocenters. The van der Waals surface area contributed by atoms with Gasteiger partial charge in [-0.1, -0.05) is 0 Å². The highest BCUT2D eigenvalue weighted by Gasteiger charge is 1.96. The van der Waals surface area contributed by atoms with Crippen molar-refractivity contribution in [3.8, 4) is 0 Å². The van der Waals surface area contributed by atoms with E-state index in [4.69, 9.17) is 9.52 Å². The van der Waals surface area contributed by atoms with E-state index in [1.165, 1.54) is 0 Å². The van der Waals surface area contributed by atoms with Gasteiger partial charge in [0.1, 0.15) is 11.5 Å². The molecule has 3 heteroatoms. The third-order valence-electron chi connectivity index (χ3n) is 1.46. The molecular weight excluding hydrogens is 142 g/mol. The Balaban J connectivity index is 2.27. The molecule has 62 valence electrons. The molecule has 1 heterocycles. The number of nitrogens with one attached hydrogen (secondary N) is 1. The number of hydrogen-bond donors (Lipinski definition) is 2. The van der Waals surface area contributed by atoms with Gasteiger partial charge in [0.25, 0.3) is 0 Å². The second-order valence-electron chi connectivity index (χ2n) is 2.42. The predicted octanol–water partition coefficient (Wildman–Crippen LogP) is 0.670. The lowest BCUT2D eigenvalue weighted by Gasteiger charge is -1.96. The third kappa shape index (κ3) is 2.74. The number of rotatable bonds is 4. The first-order valence-electron chi connectivity index (χ1n) is 3.70. The summed E-state index contributed by atoms with van der Waals surface area (Å²) in [5.74, 6) is 1.90. The molecule has 0 fully saturated rings. The number of aryl methyl sites for hydroxylation is 1. The zero-order valence-electron chi connectivity index (χ0n) is 6.63. The van der Waals surface area contributed by atoms with Gasteiger partial charge in [-0.15, -0.1) is 0 Å². The van der Waals surface area contributed by atoms with Crippen LogP contribution < -0.4 is 5.32 Å². The van der Waals surface area contributed by atoms with Crippen molar-refractivity contribution in [2.24, 2.45) is 0 Å². The molecule has 1 aromatic rings. The average molecular weight is 155 g/mol. The van der Waals surface area contributed by atoms with Crippen molar-refractivity contribution in [2.75, 3.05) is 13.3 Å². The van der Waals surface area contributed by atoms with Crippen molar-refractivity contribution < 1.29 is 9.52 Å². The Kier molecular flexibility index (Phi) is 3.14. The molecule has 1 aromatic heterocycles. The largest absolute Gasteiger partial charge is 0.466 e. The first-order chi connectivity index (χ1) is 5.33. The van der Waals surface area contributed by atoms with Crippen LogP contribution >= 0.6 is 0 Å². The van der Waals surface area contributed by atoms with Crippen LogP contribution in [0.1, 0.15) is 11.5 Å². The number of aliphatic hydroxyl groups is 1. The van der Waals surface area contributed by atoms with Crippen molar-refractivity contribution in [2.45, 2.75) is 13.3 Å². The van der Waals surface area contributed by atoms with E-state index >= 15 is 0 Å². The first-order valence-corrected chi connectivity index (χ1v) is 3.70. The molecule has 0 aliphatic heterocycles.